The van der Waals surface area contributed by atoms with Crippen LogP contribution in [0.5, 0.6) is 0 Å². The van der Waals surface area contributed by atoms with Gasteiger partial charge in [0.15, 0.2) is 0 Å². The zero-order chi connectivity index (χ0) is 22.8. The third-order valence-electron chi connectivity index (χ3n) is 5.60. The van der Waals surface area contributed by atoms with E-state index < -0.39 is 4.92 Å². The smallest absolute Gasteiger partial charge is 0.307 e. The fourth-order valence-electron chi connectivity index (χ4n) is 3.80. The molecule has 1 aliphatic heterocycles. The molecule has 8 heteroatoms. The molecule has 8 nitrogen and oxygen atoms in total. The first-order valence-corrected chi connectivity index (χ1v) is 11.1. The lowest BCUT2D eigenvalue weighted by atomic mass is 10.0. The Bertz CT molecular complexity index is 852. The molecule has 0 bridgehead atoms. The van der Waals surface area contributed by atoms with Crippen molar-refractivity contribution < 1.29 is 19.2 Å². The van der Waals surface area contributed by atoms with E-state index in [1.807, 2.05) is 37.3 Å². The molecule has 2 aromatic rings. The van der Waals surface area contributed by atoms with Gasteiger partial charge in [0.25, 0.3) is 5.69 Å². The molecule has 0 aromatic heterocycles. The third kappa shape index (κ3) is 7.12. The molecule has 3 rings (SSSR count). The van der Waals surface area contributed by atoms with Gasteiger partial charge in [-0.25, -0.2) is 0 Å². The molecular formula is C24H31N3O5. The number of carbonyl (C=O) groups excluding carboxylic acids is 1. The number of nitro groups is 1. The van der Waals surface area contributed by atoms with Gasteiger partial charge in [-0.1, -0.05) is 30.3 Å². The van der Waals surface area contributed by atoms with E-state index in [0.29, 0.717) is 19.6 Å². The highest BCUT2D eigenvalue weighted by Crippen LogP contribution is 2.27. The largest absolute Gasteiger partial charge is 0.466 e. The van der Waals surface area contributed by atoms with Gasteiger partial charge in [0.05, 0.1) is 24.6 Å². The summed E-state index contributed by atoms with van der Waals surface area (Å²) < 4.78 is 11.3. The number of hydrogen-bond acceptors (Lipinski definition) is 7. The summed E-state index contributed by atoms with van der Waals surface area (Å²) in [6.45, 7) is 8.05. The molecule has 0 saturated carbocycles. The van der Waals surface area contributed by atoms with Gasteiger partial charge in [0.2, 0.25) is 0 Å². The maximum absolute atomic E-state index is 11.5. The van der Waals surface area contributed by atoms with Crippen LogP contribution in [0.1, 0.15) is 30.6 Å². The number of nitrogens with zero attached hydrogens (tertiary/aromatic N) is 3. The Morgan fingerprint density at radius 2 is 1.56 bits per heavy atom. The number of carbonyl (C=O) groups is 1. The first kappa shape index (κ1) is 23.8. The second-order valence-corrected chi connectivity index (χ2v) is 7.75. The Kier molecular flexibility index (Phi) is 9.15. The van der Waals surface area contributed by atoms with Crippen LogP contribution in [0.4, 0.5) is 5.69 Å². The van der Waals surface area contributed by atoms with Crippen molar-refractivity contribution in [2.24, 2.45) is 0 Å². The van der Waals surface area contributed by atoms with Crippen molar-refractivity contribution in [3.05, 3.63) is 75.8 Å². The highest BCUT2D eigenvalue weighted by Gasteiger charge is 2.20. The van der Waals surface area contributed by atoms with Gasteiger partial charge in [-0.2, -0.15) is 0 Å². The summed E-state index contributed by atoms with van der Waals surface area (Å²) in [7, 11) is 0. The molecule has 0 spiro atoms. The minimum Gasteiger partial charge on any atom is -0.466 e. The molecule has 172 valence electrons. The average Bonchev–Trinajstić information content (AvgIpc) is 2.82. The molecule has 2 aromatic carbocycles. The predicted octanol–water partition coefficient (Wildman–Crippen LogP) is 3.27. The average molecular weight is 442 g/mol. The van der Waals surface area contributed by atoms with Gasteiger partial charge >= 0.3 is 5.97 Å². The van der Waals surface area contributed by atoms with Crippen molar-refractivity contribution in [3.8, 4) is 0 Å². The van der Waals surface area contributed by atoms with Crippen molar-refractivity contribution >= 4 is 11.7 Å². The van der Waals surface area contributed by atoms with E-state index in [9.17, 15) is 14.9 Å². The minimum atomic E-state index is -0.394. The normalized spacial score (nSPS) is 15.9. The van der Waals surface area contributed by atoms with E-state index in [0.717, 1.165) is 50.4 Å². The number of nitro benzene ring substituents is 1. The number of ether oxygens (including phenoxy) is 2. The Morgan fingerprint density at radius 1 is 0.969 bits per heavy atom. The predicted molar refractivity (Wildman–Crippen MR) is 121 cm³/mol. The molecule has 32 heavy (non-hydrogen) atoms. The highest BCUT2D eigenvalue weighted by molar-refractivity contribution is 5.69. The van der Waals surface area contributed by atoms with Crippen molar-refractivity contribution in [3.63, 3.8) is 0 Å². The lowest BCUT2D eigenvalue weighted by molar-refractivity contribution is -0.384. The van der Waals surface area contributed by atoms with Gasteiger partial charge in [-0.3, -0.25) is 19.8 Å². The molecule has 0 amide bonds. The van der Waals surface area contributed by atoms with Gasteiger partial charge in [0, 0.05) is 51.4 Å². The third-order valence-corrected chi connectivity index (χ3v) is 5.60. The molecule has 1 atom stereocenters. The summed E-state index contributed by atoms with van der Waals surface area (Å²) in [6, 6.07) is 16.5. The van der Waals surface area contributed by atoms with Crippen molar-refractivity contribution in [2.45, 2.75) is 19.4 Å². The number of rotatable bonds is 11. The Labute approximate surface area is 188 Å². The van der Waals surface area contributed by atoms with Crippen molar-refractivity contribution in [2.75, 3.05) is 52.5 Å². The van der Waals surface area contributed by atoms with E-state index in [4.69, 9.17) is 9.47 Å². The number of esters is 1. The second-order valence-electron chi connectivity index (χ2n) is 7.75. The van der Waals surface area contributed by atoms with Gasteiger partial charge in [0.1, 0.15) is 6.10 Å². The van der Waals surface area contributed by atoms with E-state index in [1.54, 1.807) is 12.1 Å². The fraction of sp³-hybridized carbons (Fsp3) is 0.458. The molecule has 1 fully saturated rings. The van der Waals surface area contributed by atoms with Crippen LogP contribution in [0.15, 0.2) is 54.6 Å². The van der Waals surface area contributed by atoms with Crippen LogP contribution in [-0.2, 0) is 14.3 Å². The molecule has 1 unspecified atom stereocenters. The lowest BCUT2D eigenvalue weighted by Gasteiger charge is -2.34. The molecule has 0 aliphatic carbocycles. The summed E-state index contributed by atoms with van der Waals surface area (Å²) in [5.41, 5.74) is 1.98. The molecule has 0 N–H and O–H groups in total. The summed E-state index contributed by atoms with van der Waals surface area (Å²) in [6.07, 6.45) is 0.160. The SMILES string of the molecule is CCOC(=O)CCN1CCN(CCOC(c2ccccc2)c2ccc([N+](=O)[O-])cc2)CC1. The Morgan fingerprint density at radius 3 is 2.16 bits per heavy atom. The van der Waals surface area contributed by atoms with Gasteiger partial charge in [-0.15, -0.1) is 0 Å². The lowest BCUT2D eigenvalue weighted by Crippen LogP contribution is -2.47. The van der Waals surface area contributed by atoms with Crippen LogP contribution in [0.2, 0.25) is 0 Å². The summed E-state index contributed by atoms with van der Waals surface area (Å²) in [5.74, 6) is -0.137. The minimum absolute atomic E-state index is 0.0707. The quantitative estimate of drug-likeness (QED) is 0.301. The number of non-ortho nitro benzene ring substituents is 1. The van der Waals surface area contributed by atoms with E-state index in [-0.39, 0.29) is 17.8 Å². The molecule has 0 radical (unpaired) electrons. The van der Waals surface area contributed by atoms with Gasteiger partial charge < -0.3 is 14.4 Å². The highest BCUT2D eigenvalue weighted by atomic mass is 16.6. The van der Waals surface area contributed by atoms with E-state index in [2.05, 4.69) is 9.80 Å². The van der Waals surface area contributed by atoms with Crippen LogP contribution >= 0.6 is 0 Å². The topological polar surface area (TPSA) is 85.2 Å². The zero-order valence-electron chi connectivity index (χ0n) is 18.5. The van der Waals surface area contributed by atoms with Crippen LogP contribution in [0, 0.1) is 10.1 Å². The molecule has 1 heterocycles. The van der Waals surface area contributed by atoms with Crippen molar-refractivity contribution in [1.82, 2.24) is 9.80 Å². The molecular weight excluding hydrogens is 410 g/mol. The van der Waals surface area contributed by atoms with Crippen LogP contribution < -0.4 is 0 Å². The molecule has 1 saturated heterocycles. The summed E-state index contributed by atoms with van der Waals surface area (Å²) >= 11 is 0. The number of benzene rings is 2. The zero-order valence-corrected chi connectivity index (χ0v) is 18.5. The summed E-state index contributed by atoms with van der Waals surface area (Å²) in [4.78, 5) is 26.8. The fourth-order valence-corrected chi connectivity index (χ4v) is 3.80. The Balaban J connectivity index is 1.49. The molecule has 1 aliphatic rings. The van der Waals surface area contributed by atoms with E-state index in [1.165, 1.54) is 12.1 Å². The maximum Gasteiger partial charge on any atom is 0.307 e. The second kappa shape index (κ2) is 12.3. The first-order chi connectivity index (χ1) is 15.6. The van der Waals surface area contributed by atoms with Crippen LogP contribution in [-0.4, -0.2) is 73.2 Å². The number of hydrogen-bond donors (Lipinski definition) is 0. The summed E-state index contributed by atoms with van der Waals surface area (Å²) in [5, 5.41) is 11.0. The van der Waals surface area contributed by atoms with E-state index >= 15 is 0 Å². The van der Waals surface area contributed by atoms with Gasteiger partial charge in [-0.05, 0) is 30.2 Å². The maximum atomic E-state index is 11.5. The standard InChI is InChI=1S/C24H31N3O5/c1-2-31-23(28)12-13-25-14-16-26(17-15-25)18-19-32-24(20-6-4-3-5-7-20)21-8-10-22(11-9-21)27(29)30/h3-11,24H,2,12-19H2,1H3. The monoisotopic (exact) mass is 441 g/mol. The Hall–Kier alpha value is -2.81. The van der Waals surface area contributed by atoms with Crippen molar-refractivity contribution in [1.29, 1.82) is 0 Å². The number of piperazine rings is 1. The first-order valence-electron chi connectivity index (χ1n) is 11.1. The van der Waals surface area contributed by atoms with Crippen LogP contribution in [0.25, 0.3) is 0 Å². The van der Waals surface area contributed by atoms with Crippen LogP contribution in [0.3, 0.4) is 0 Å².